The molecule has 3 rings (SSSR count). The number of amides is 1. The third kappa shape index (κ3) is 5.31. The van der Waals surface area contributed by atoms with Crippen molar-refractivity contribution in [2.24, 2.45) is 0 Å². The minimum Gasteiger partial charge on any atom is -0.348 e. The van der Waals surface area contributed by atoms with Crippen LogP contribution >= 0.6 is 23.2 Å². The molecule has 156 valence electrons. The van der Waals surface area contributed by atoms with Crippen LogP contribution in [0.1, 0.15) is 24.2 Å². The molecule has 1 atom stereocenters. The third-order valence-electron chi connectivity index (χ3n) is 3.89. The van der Waals surface area contributed by atoms with E-state index in [1.54, 1.807) is 13.8 Å². The second-order valence-corrected chi connectivity index (χ2v) is 7.43. The molecule has 29 heavy (non-hydrogen) atoms. The first-order chi connectivity index (χ1) is 13.7. The van der Waals surface area contributed by atoms with Crippen molar-refractivity contribution in [3.8, 4) is 0 Å². The lowest BCUT2D eigenvalue weighted by atomic mass is 10.1. The fraction of sp³-hybridized carbons (Fsp3) is 0.333. The van der Waals surface area contributed by atoms with Gasteiger partial charge in [-0.3, -0.25) is 9.63 Å². The summed E-state index contributed by atoms with van der Waals surface area (Å²) in [6.07, 6.45) is 0.881. The summed E-state index contributed by atoms with van der Waals surface area (Å²) in [5.74, 6) is -3.99. The molecule has 1 aromatic carbocycles. The molecule has 2 aromatic rings. The standard InChI is InChI=1S/C18H17Cl2F2N3O4/c1-18(2)27-7-10(29-18)8-28-25-17(26)11-3-4-13(21)14(22)15(11)24-16-12(20)5-9(19)6-23-16/h3-6,10H,7-8H2,1-2H3,(H,23,24)(H,25,26)/t10-/m1/s1. The second-order valence-electron chi connectivity index (χ2n) is 6.59. The topological polar surface area (TPSA) is 81.7 Å². The lowest BCUT2D eigenvalue weighted by Crippen LogP contribution is -2.31. The van der Waals surface area contributed by atoms with Gasteiger partial charge in [0.25, 0.3) is 5.91 Å². The number of aromatic nitrogens is 1. The molecule has 1 saturated heterocycles. The normalized spacial score (nSPS) is 17.9. The number of carbonyl (C=O) groups excluding carboxylic acids is 1. The molecule has 11 heteroatoms. The van der Waals surface area contributed by atoms with E-state index in [9.17, 15) is 13.6 Å². The highest BCUT2D eigenvalue weighted by Crippen LogP contribution is 2.30. The molecular weight excluding hydrogens is 431 g/mol. The van der Waals surface area contributed by atoms with Gasteiger partial charge in [-0.25, -0.2) is 19.2 Å². The molecule has 0 unspecified atom stereocenters. The van der Waals surface area contributed by atoms with Crippen LogP contribution < -0.4 is 10.8 Å². The fourth-order valence-corrected chi connectivity index (χ4v) is 3.01. The largest absolute Gasteiger partial charge is 0.348 e. The number of halogens is 4. The predicted octanol–water partition coefficient (Wildman–Crippen LogP) is 4.22. The number of rotatable bonds is 6. The zero-order valence-electron chi connectivity index (χ0n) is 15.4. The predicted molar refractivity (Wildman–Crippen MR) is 102 cm³/mol. The number of carbonyl (C=O) groups is 1. The van der Waals surface area contributed by atoms with Crippen molar-refractivity contribution < 1.29 is 27.9 Å². The molecule has 7 nitrogen and oxygen atoms in total. The monoisotopic (exact) mass is 447 g/mol. The Bertz CT molecular complexity index is 930. The third-order valence-corrected chi connectivity index (χ3v) is 4.39. The van der Waals surface area contributed by atoms with E-state index in [2.05, 4.69) is 15.8 Å². The first kappa shape index (κ1) is 21.7. The summed E-state index contributed by atoms with van der Waals surface area (Å²) >= 11 is 11.8. The van der Waals surface area contributed by atoms with Crippen molar-refractivity contribution >= 4 is 40.6 Å². The number of nitrogens with zero attached hydrogens (tertiary/aromatic N) is 1. The van der Waals surface area contributed by atoms with E-state index in [1.165, 1.54) is 12.3 Å². The SMILES string of the molecule is CC1(C)OC[C@H](CONC(=O)c2ccc(F)c(F)c2Nc2ncc(Cl)cc2Cl)O1. The van der Waals surface area contributed by atoms with Crippen molar-refractivity contribution in [1.82, 2.24) is 10.5 Å². The average Bonchev–Trinajstić information content (AvgIpc) is 2.99. The Balaban J connectivity index is 1.73. The minimum absolute atomic E-state index is 0.00530. The Morgan fingerprint density at radius 1 is 1.38 bits per heavy atom. The van der Waals surface area contributed by atoms with Gasteiger partial charge in [-0.15, -0.1) is 0 Å². The summed E-state index contributed by atoms with van der Waals surface area (Å²) in [4.78, 5) is 21.5. The van der Waals surface area contributed by atoms with Gasteiger partial charge in [0, 0.05) is 6.20 Å². The zero-order valence-corrected chi connectivity index (χ0v) is 16.9. The fourth-order valence-electron chi connectivity index (χ4n) is 2.59. The molecular formula is C18H17Cl2F2N3O4. The number of pyridine rings is 1. The maximum atomic E-state index is 14.4. The summed E-state index contributed by atoms with van der Waals surface area (Å²) in [5, 5.41) is 2.84. The van der Waals surface area contributed by atoms with Crippen molar-refractivity contribution in [1.29, 1.82) is 0 Å². The quantitative estimate of drug-likeness (QED) is 0.645. The molecule has 0 saturated carbocycles. The summed E-state index contributed by atoms with van der Waals surface area (Å²) < 4.78 is 39.0. The van der Waals surface area contributed by atoms with Crippen LogP contribution in [0.4, 0.5) is 20.3 Å². The first-order valence-electron chi connectivity index (χ1n) is 8.46. The van der Waals surface area contributed by atoms with Gasteiger partial charge >= 0.3 is 0 Å². The van der Waals surface area contributed by atoms with Crippen molar-refractivity contribution in [3.63, 3.8) is 0 Å². The molecule has 0 spiro atoms. The number of benzene rings is 1. The molecule has 1 amide bonds. The van der Waals surface area contributed by atoms with Crippen molar-refractivity contribution in [2.45, 2.75) is 25.7 Å². The van der Waals surface area contributed by atoms with Gasteiger partial charge in [-0.1, -0.05) is 23.2 Å². The van der Waals surface area contributed by atoms with E-state index >= 15 is 0 Å². The Morgan fingerprint density at radius 2 is 2.14 bits per heavy atom. The van der Waals surface area contributed by atoms with E-state index in [0.29, 0.717) is 6.61 Å². The molecule has 0 radical (unpaired) electrons. The molecule has 2 heterocycles. The van der Waals surface area contributed by atoms with Crippen LogP contribution in [0.15, 0.2) is 24.4 Å². The van der Waals surface area contributed by atoms with Gasteiger partial charge in [0.05, 0.1) is 27.9 Å². The zero-order chi connectivity index (χ0) is 21.2. The smallest absolute Gasteiger partial charge is 0.277 e. The van der Waals surface area contributed by atoms with Gasteiger partial charge in [0.15, 0.2) is 17.4 Å². The molecule has 0 aliphatic carbocycles. The van der Waals surface area contributed by atoms with Crippen molar-refractivity contribution in [2.75, 3.05) is 18.5 Å². The van der Waals surface area contributed by atoms with Crippen molar-refractivity contribution in [3.05, 3.63) is 51.6 Å². The van der Waals surface area contributed by atoms with Crippen LogP contribution in [0.3, 0.4) is 0 Å². The van der Waals surface area contributed by atoms with E-state index < -0.39 is 29.0 Å². The van der Waals surface area contributed by atoms with Gasteiger partial charge in [0.1, 0.15) is 18.5 Å². The van der Waals surface area contributed by atoms with E-state index in [1.807, 2.05) is 0 Å². The molecule has 0 bridgehead atoms. The number of hydrogen-bond acceptors (Lipinski definition) is 6. The van der Waals surface area contributed by atoms with Crippen LogP contribution in [-0.2, 0) is 14.3 Å². The highest BCUT2D eigenvalue weighted by atomic mass is 35.5. The Morgan fingerprint density at radius 3 is 2.79 bits per heavy atom. The summed E-state index contributed by atoms with van der Waals surface area (Å²) in [7, 11) is 0. The first-order valence-corrected chi connectivity index (χ1v) is 9.22. The maximum absolute atomic E-state index is 14.4. The Labute approximate surface area is 175 Å². The van der Waals surface area contributed by atoms with E-state index in [0.717, 1.165) is 12.1 Å². The summed E-state index contributed by atoms with van der Waals surface area (Å²) in [5.41, 5.74) is 1.50. The number of hydrogen-bond donors (Lipinski definition) is 2. The molecule has 1 fully saturated rings. The van der Waals surface area contributed by atoms with Crippen LogP contribution in [0, 0.1) is 11.6 Å². The van der Waals surface area contributed by atoms with E-state index in [-0.39, 0.29) is 34.1 Å². The number of anilines is 2. The van der Waals surface area contributed by atoms with Gasteiger partial charge in [-0.2, -0.15) is 0 Å². The molecule has 2 N–H and O–H groups in total. The molecule has 1 aliphatic rings. The van der Waals surface area contributed by atoms with E-state index in [4.69, 9.17) is 37.5 Å². The van der Waals surface area contributed by atoms with Gasteiger partial charge in [-0.05, 0) is 32.0 Å². The summed E-state index contributed by atoms with van der Waals surface area (Å²) in [6, 6.07) is 3.29. The average molecular weight is 448 g/mol. The Hall–Kier alpha value is -2.04. The highest BCUT2D eigenvalue weighted by molar-refractivity contribution is 6.36. The second kappa shape index (κ2) is 8.76. The van der Waals surface area contributed by atoms with Crippen LogP contribution in [-0.4, -0.2) is 36.0 Å². The molecule has 1 aliphatic heterocycles. The maximum Gasteiger partial charge on any atom is 0.277 e. The van der Waals surface area contributed by atoms with Crippen LogP contribution in [0.2, 0.25) is 10.0 Å². The summed E-state index contributed by atoms with van der Waals surface area (Å²) in [6.45, 7) is 3.80. The number of nitrogens with one attached hydrogen (secondary N) is 2. The lowest BCUT2D eigenvalue weighted by molar-refractivity contribution is -0.147. The van der Waals surface area contributed by atoms with Crippen LogP contribution in [0.5, 0.6) is 0 Å². The van der Waals surface area contributed by atoms with Gasteiger partial charge < -0.3 is 14.8 Å². The van der Waals surface area contributed by atoms with Gasteiger partial charge in [0.2, 0.25) is 0 Å². The highest BCUT2D eigenvalue weighted by Gasteiger charge is 2.33. The van der Waals surface area contributed by atoms with Crippen LogP contribution in [0.25, 0.3) is 0 Å². The number of hydroxylamine groups is 1. The number of ether oxygens (including phenoxy) is 2. The minimum atomic E-state index is -1.28. The Kier molecular flexibility index (Phi) is 6.55. The molecule has 1 aromatic heterocycles. The lowest BCUT2D eigenvalue weighted by Gasteiger charge is -2.17.